The van der Waals surface area contributed by atoms with Crippen molar-refractivity contribution in [3.8, 4) is 5.75 Å². The SMILES string of the molecule is COc1ccc(S(=O)(=O)NC2CC(OC)C2)c(CCN)c1. The standard InChI is InChI=1S/C14H22N2O4S/c1-19-12-3-4-14(10(7-12)5-6-15)21(17,18)16-11-8-13(9-11)20-2/h3-4,7,11,13,16H,5-6,8-9,15H2,1-2H3. The molecule has 0 bridgehead atoms. The lowest BCUT2D eigenvalue weighted by atomic mass is 9.90. The van der Waals surface area contributed by atoms with Gasteiger partial charge in [-0.3, -0.25) is 0 Å². The van der Waals surface area contributed by atoms with E-state index >= 15 is 0 Å². The molecule has 0 aromatic heterocycles. The molecule has 0 atom stereocenters. The topological polar surface area (TPSA) is 90.7 Å². The molecular weight excluding hydrogens is 292 g/mol. The smallest absolute Gasteiger partial charge is 0.241 e. The Balaban J connectivity index is 2.19. The molecule has 3 N–H and O–H groups in total. The van der Waals surface area contributed by atoms with E-state index < -0.39 is 10.0 Å². The Morgan fingerprint density at radius 1 is 1.33 bits per heavy atom. The van der Waals surface area contributed by atoms with Crippen LogP contribution >= 0.6 is 0 Å². The van der Waals surface area contributed by atoms with Gasteiger partial charge in [0.15, 0.2) is 0 Å². The lowest BCUT2D eigenvalue weighted by Gasteiger charge is -2.34. The molecule has 2 rings (SSSR count). The maximum atomic E-state index is 12.5. The number of ether oxygens (including phenoxy) is 2. The predicted molar refractivity (Wildman–Crippen MR) is 79.9 cm³/mol. The first-order valence-corrected chi connectivity index (χ1v) is 8.40. The van der Waals surface area contributed by atoms with Crippen LogP contribution < -0.4 is 15.2 Å². The van der Waals surface area contributed by atoms with Crippen LogP contribution in [0.4, 0.5) is 0 Å². The third-order valence-electron chi connectivity index (χ3n) is 3.72. The van der Waals surface area contributed by atoms with Crippen LogP contribution in [-0.4, -0.2) is 41.3 Å². The van der Waals surface area contributed by atoms with E-state index in [0.717, 1.165) is 0 Å². The highest BCUT2D eigenvalue weighted by Gasteiger charge is 2.33. The Labute approximate surface area is 125 Å². The highest BCUT2D eigenvalue weighted by molar-refractivity contribution is 7.89. The number of benzene rings is 1. The summed E-state index contributed by atoms with van der Waals surface area (Å²) in [5, 5.41) is 0. The summed E-state index contributed by atoms with van der Waals surface area (Å²) in [6, 6.07) is 4.87. The van der Waals surface area contributed by atoms with Gasteiger partial charge in [-0.05, 0) is 49.6 Å². The second kappa shape index (κ2) is 6.74. The van der Waals surface area contributed by atoms with E-state index in [0.29, 0.717) is 37.1 Å². The minimum absolute atomic E-state index is 0.0622. The molecule has 21 heavy (non-hydrogen) atoms. The van der Waals surface area contributed by atoms with Crippen molar-refractivity contribution in [1.82, 2.24) is 4.72 Å². The zero-order chi connectivity index (χ0) is 15.5. The van der Waals surface area contributed by atoms with Crippen molar-refractivity contribution in [2.24, 2.45) is 5.73 Å². The molecule has 0 amide bonds. The summed E-state index contributed by atoms with van der Waals surface area (Å²) >= 11 is 0. The third-order valence-corrected chi connectivity index (χ3v) is 5.34. The van der Waals surface area contributed by atoms with Gasteiger partial charge in [0, 0.05) is 13.2 Å². The molecule has 1 aromatic carbocycles. The molecular formula is C14H22N2O4S. The van der Waals surface area contributed by atoms with E-state index in [1.165, 1.54) is 0 Å². The second-order valence-corrected chi connectivity index (χ2v) is 6.84. The molecule has 1 aliphatic rings. The summed E-state index contributed by atoms with van der Waals surface area (Å²) in [6.07, 6.45) is 2.05. The Kier molecular flexibility index (Phi) is 5.21. The largest absolute Gasteiger partial charge is 0.497 e. The molecule has 0 saturated heterocycles. The Morgan fingerprint density at radius 3 is 2.62 bits per heavy atom. The quantitative estimate of drug-likeness (QED) is 0.771. The predicted octanol–water partition coefficient (Wildman–Crippen LogP) is 0.652. The van der Waals surface area contributed by atoms with Crippen LogP contribution in [0.2, 0.25) is 0 Å². The molecule has 1 saturated carbocycles. The highest BCUT2D eigenvalue weighted by atomic mass is 32.2. The zero-order valence-corrected chi connectivity index (χ0v) is 13.2. The van der Waals surface area contributed by atoms with Crippen LogP contribution in [0.25, 0.3) is 0 Å². The van der Waals surface area contributed by atoms with E-state index in [1.54, 1.807) is 32.4 Å². The Morgan fingerprint density at radius 2 is 2.05 bits per heavy atom. The van der Waals surface area contributed by atoms with Crippen LogP contribution in [0, 0.1) is 0 Å². The molecule has 0 spiro atoms. The van der Waals surface area contributed by atoms with E-state index in [-0.39, 0.29) is 17.0 Å². The monoisotopic (exact) mass is 314 g/mol. The second-order valence-electron chi connectivity index (χ2n) is 5.16. The van der Waals surface area contributed by atoms with E-state index in [4.69, 9.17) is 15.2 Å². The van der Waals surface area contributed by atoms with Gasteiger partial charge in [-0.1, -0.05) is 0 Å². The minimum Gasteiger partial charge on any atom is -0.497 e. The van der Waals surface area contributed by atoms with Crippen LogP contribution in [-0.2, 0) is 21.2 Å². The molecule has 0 unspecified atom stereocenters. The lowest BCUT2D eigenvalue weighted by molar-refractivity contribution is 0.0236. The average Bonchev–Trinajstić information content (AvgIpc) is 2.42. The first kappa shape index (κ1) is 16.2. The maximum absolute atomic E-state index is 12.5. The first-order valence-electron chi connectivity index (χ1n) is 6.92. The number of hydrogen-bond acceptors (Lipinski definition) is 5. The third kappa shape index (κ3) is 3.74. The molecule has 0 heterocycles. The van der Waals surface area contributed by atoms with Crippen molar-refractivity contribution < 1.29 is 17.9 Å². The van der Waals surface area contributed by atoms with Gasteiger partial charge in [-0.2, -0.15) is 0 Å². The van der Waals surface area contributed by atoms with Crippen LogP contribution in [0.3, 0.4) is 0 Å². The number of nitrogens with two attached hydrogens (primary N) is 1. The lowest BCUT2D eigenvalue weighted by Crippen LogP contribution is -2.47. The summed E-state index contributed by atoms with van der Waals surface area (Å²) < 4.78 is 38.0. The molecule has 6 nitrogen and oxygen atoms in total. The fourth-order valence-electron chi connectivity index (χ4n) is 2.43. The van der Waals surface area contributed by atoms with Crippen molar-refractivity contribution in [2.45, 2.75) is 36.3 Å². The van der Waals surface area contributed by atoms with Crippen molar-refractivity contribution in [1.29, 1.82) is 0 Å². The van der Waals surface area contributed by atoms with Gasteiger partial charge in [0.05, 0.1) is 18.1 Å². The molecule has 1 aromatic rings. The fourth-order valence-corrected chi connectivity index (χ4v) is 3.94. The number of rotatable bonds is 7. The van der Waals surface area contributed by atoms with Crippen molar-refractivity contribution in [2.75, 3.05) is 20.8 Å². The number of nitrogens with one attached hydrogen (secondary N) is 1. The summed E-state index contributed by atoms with van der Waals surface area (Å²) in [6.45, 7) is 0.380. The van der Waals surface area contributed by atoms with Gasteiger partial charge in [-0.15, -0.1) is 0 Å². The summed E-state index contributed by atoms with van der Waals surface area (Å²) in [5.41, 5.74) is 6.24. The van der Waals surface area contributed by atoms with E-state index in [1.807, 2.05) is 0 Å². The molecule has 0 aliphatic heterocycles. The summed E-state index contributed by atoms with van der Waals surface area (Å²) in [7, 11) is -0.361. The maximum Gasteiger partial charge on any atom is 0.241 e. The summed E-state index contributed by atoms with van der Waals surface area (Å²) in [4.78, 5) is 0.273. The first-order chi connectivity index (χ1) is 10.00. The van der Waals surface area contributed by atoms with Gasteiger partial charge in [0.1, 0.15) is 5.75 Å². The Bertz CT molecular complexity index is 583. The number of hydrogen-bond donors (Lipinski definition) is 2. The van der Waals surface area contributed by atoms with Gasteiger partial charge in [0.2, 0.25) is 10.0 Å². The van der Waals surface area contributed by atoms with Gasteiger partial charge >= 0.3 is 0 Å². The van der Waals surface area contributed by atoms with Gasteiger partial charge in [0.25, 0.3) is 0 Å². The highest BCUT2D eigenvalue weighted by Crippen LogP contribution is 2.27. The normalized spacial score (nSPS) is 21.9. The zero-order valence-electron chi connectivity index (χ0n) is 12.3. The van der Waals surface area contributed by atoms with Crippen LogP contribution in [0.1, 0.15) is 18.4 Å². The average molecular weight is 314 g/mol. The molecule has 0 radical (unpaired) electrons. The van der Waals surface area contributed by atoms with E-state index in [9.17, 15) is 8.42 Å². The molecule has 118 valence electrons. The van der Waals surface area contributed by atoms with Crippen LogP contribution in [0.5, 0.6) is 5.75 Å². The summed E-state index contributed by atoms with van der Waals surface area (Å²) in [5.74, 6) is 0.625. The minimum atomic E-state index is -3.55. The van der Waals surface area contributed by atoms with Crippen molar-refractivity contribution in [3.05, 3.63) is 23.8 Å². The fraction of sp³-hybridized carbons (Fsp3) is 0.571. The van der Waals surface area contributed by atoms with Gasteiger partial charge in [-0.25, -0.2) is 13.1 Å². The van der Waals surface area contributed by atoms with Crippen LogP contribution in [0.15, 0.2) is 23.1 Å². The van der Waals surface area contributed by atoms with E-state index in [2.05, 4.69) is 4.72 Å². The molecule has 1 aliphatic carbocycles. The Hall–Kier alpha value is -1.15. The molecule has 7 heteroatoms. The number of methoxy groups -OCH3 is 2. The van der Waals surface area contributed by atoms with Crippen molar-refractivity contribution in [3.63, 3.8) is 0 Å². The number of sulfonamides is 1. The molecule has 1 fully saturated rings. The van der Waals surface area contributed by atoms with Gasteiger partial charge < -0.3 is 15.2 Å². The van der Waals surface area contributed by atoms with Crippen molar-refractivity contribution >= 4 is 10.0 Å².